The number of pyridine rings is 1. The van der Waals surface area contributed by atoms with E-state index in [1.165, 1.54) is 0 Å². The summed E-state index contributed by atoms with van der Waals surface area (Å²) in [6, 6.07) is 9.85. The predicted octanol–water partition coefficient (Wildman–Crippen LogP) is 3.75. The molecule has 0 saturated heterocycles. The molecule has 1 aromatic carbocycles. The van der Waals surface area contributed by atoms with Crippen LogP contribution in [0.4, 0.5) is 11.6 Å². The monoisotopic (exact) mass is 415 g/mol. The Balaban J connectivity index is 1.63. The van der Waals surface area contributed by atoms with E-state index in [2.05, 4.69) is 23.8 Å². The SMILES string of the molecule is Cc1nc2c(cnn2C(C)C)cc1C(=O)N1CCCN(C)c2nc3ccccc3nc21. The highest BCUT2D eigenvalue weighted by molar-refractivity contribution is 6.09. The van der Waals surface area contributed by atoms with Gasteiger partial charge in [0.2, 0.25) is 0 Å². The largest absolute Gasteiger partial charge is 0.357 e. The van der Waals surface area contributed by atoms with Gasteiger partial charge in [0, 0.05) is 31.6 Å². The van der Waals surface area contributed by atoms with Crippen LogP contribution >= 0.6 is 0 Å². The van der Waals surface area contributed by atoms with E-state index < -0.39 is 0 Å². The average molecular weight is 416 g/mol. The van der Waals surface area contributed by atoms with Gasteiger partial charge in [-0.25, -0.2) is 19.6 Å². The number of carbonyl (C=O) groups is 1. The Morgan fingerprint density at radius 1 is 1.03 bits per heavy atom. The number of aryl methyl sites for hydroxylation is 1. The highest BCUT2D eigenvalue weighted by atomic mass is 16.2. The molecule has 0 spiro atoms. The van der Waals surface area contributed by atoms with Crippen molar-refractivity contribution in [3.8, 4) is 0 Å². The van der Waals surface area contributed by atoms with E-state index >= 15 is 0 Å². The zero-order valence-corrected chi connectivity index (χ0v) is 18.2. The molecular formula is C23H25N7O. The van der Waals surface area contributed by atoms with Gasteiger partial charge < -0.3 is 4.90 Å². The summed E-state index contributed by atoms with van der Waals surface area (Å²) in [6.07, 6.45) is 2.60. The van der Waals surface area contributed by atoms with Gasteiger partial charge in [0.1, 0.15) is 0 Å². The Kier molecular flexibility index (Phi) is 4.57. The van der Waals surface area contributed by atoms with Gasteiger partial charge in [-0.1, -0.05) is 12.1 Å². The fourth-order valence-electron chi connectivity index (χ4n) is 4.10. The molecule has 158 valence electrons. The van der Waals surface area contributed by atoms with E-state index in [0.29, 0.717) is 23.6 Å². The molecule has 0 N–H and O–H groups in total. The van der Waals surface area contributed by atoms with Crippen LogP contribution in [-0.4, -0.2) is 50.8 Å². The third-order valence-electron chi connectivity index (χ3n) is 5.75. The fourth-order valence-corrected chi connectivity index (χ4v) is 4.10. The summed E-state index contributed by atoms with van der Waals surface area (Å²) in [5, 5.41) is 5.30. The van der Waals surface area contributed by atoms with Gasteiger partial charge in [-0.15, -0.1) is 0 Å². The molecule has 8 nitrogen and oxygen atoms in total. The number of para-hydroxylation sites is 2. The molecule has 0 unspecified atom stereocenters. The minimum atomic E-state index is -0.106. The Morgan fingerprint density at radius 3 is 2.45 bits per heavy atom. The topological polar surface area (TPSA) is 80.0 Å². The molecule has 8 heteroatoms. The molecule has 31 heavy (non-hydrogen) atoms. The maximum atomic E-state index is 13.7. The van der Waals surface area contributed by atoms with Crippen molar-refractivity contribution in [2.75, 3.05) is 29.9 Å². The highest BCUT2D eigenvalue weighted by Gasteiger charge is 2.29. The Hall–Kier alpha value is -3.55. The number of rotatable bonds is 2. The Bertz CT molecular complexity index is 1310. The van der Waals surface area contributed by atoms with E-state index in [1.807, 2.05) is 49.0 Å². The normalized spacial score (nSPS) is 14.4. The summed E-state index contributed by atoms with van der Waals surface area (Å²) in [5.74, 6) is 1.22. The number of fused-ring (bicyclic) bond motifs is 3. The molecule has 0 bridgehead atoms. The summed E-state index contributed by atoms with van der Waals surface area (Å²) in [7, 11) is 2.00. The van der Waals surface area contributed by atoms with Crippen molar-refractivity contribution in [2.45, 2.75) is 33.2 Å². The third kappa shape index (κ3) is 3.19. The summed E-state index contributed by atoms with van der Waals surface area (Å²) in [5.41, 5.74) is 3.65. The molecule has 0 fully saturated rings. The third-order valence-corrected chi connectivity index (χ3v) is 5.75. The second kappa shape index (κ2) is 7.30. The van der Waals surface area contributed by atoms with E-state index in [-0.39, 0.29) is 11.9 Å². The summed E-state index contributed by atoms with van der Waals surface area (Å²) in [6.45, 7) is 7.39. The van der Waals surface area contributed by atoms with E-state index in [1.54, 1.807) is 11.1 Å². The molecule has 0 saturated carbocycles. The second-order valence-corrected chi connectivity index (χ2v) is 8.31. The van der Waals surface area contributed by atoms with E-state index in [4.69, 9.17) is 15.0 Å². The number of hydrogen-bond donors (Lipinski definition) is 0. The van der Waals surface area contributed by atoms with Crippen molar-refractivity contribution < 1.29 is 4.79 Å². The van der Waals surface area contributed by atoms with Crippen molar-refractivity contribution in [1.82, 2.24) is 24.7 Å². The van der Waals surface area contributed by atoms with Crippen molar-refractivity contribution in [3.63, 3.8) is 0 Å². The first-order chi connectivity index (χ1) is 14.9. The van der Waals surface area contributed by atoms with Crippen LogP contribution in [0.15, 0.2) is 36.5 Å². The lowest BCUT2D eigenvalue weighted by Gasteiger charge is -2.23. The lowest BCUT2D eigenvalue weighted by Crippen LogP contribution is -2.33. The standard InChI is InChI=1S/C23H25N7O/c1-14(2)30-20-16(13-24-30)12-17(15(3)25-20)23(31)29-11-7-10-28(4)21-22(29)27-19-9-6-5-8-18(19)26-21/h5-6,8-9,12-14H,7,10-11H2,1-4H3. The number of amides is 1. The van der Waals surface area contributed by atoms with Crippen molar-refractivity contribution >= 4 is 39.6 Å². The first-order valence-electron chi connectivity index (χ1n) is 10.6. The molecule has 4 aromatic rings. The molecule has 0 atom stereocenters. The van der Waals surface area contributed by atoms with Crippen LogP contribution in [0, 0.1) is 6.92 Å². The van der Waals surface area contributed by atoms with Crippen LogP contribution in [0.1, 0.15) is 42.4 Å². The number of nitrogens with zero attached hydrogens (tertiary/aromatic N) is 7. The van der Waals surface area contributed by atoms with Crippen LogP contribution in [0.3, 0.4) is 0 Å². The van der Waals surface area contributed by atoms with Crippen LogP contribution < -0.4 is 9.80 Å². The smallest absolute Gasteiger partial charge is 0.261 e. The zero-order valence-electron chi connectivity index (χ0n) is 18.2. The predicted molar refractivity (Wildman–Crippen MR) is 122 cm³/mol. The Labute approximate surface area is 180 Å². The zero-order chi connectivity index (χ0) is 21.7. The van der Waals surface area contributed by atoms with Gasteiger partial charge in [0.25, 0.3) is 5.91 Å². The number of benzene rings is 1. The molecule has 1 aliphatic rings. The molecular weight excluding hydrogens is 390 g/mol. The second-order valence-electron chi connectivity index (χ2n) is 8.31. The van der Waals surface area contributed by atoms with Crippen LogP contribution in [0.5, 0.6) is 0 Å². The molecule has 3 aromatic heterocycles. The van der Waals surface area contributed by atoms with Crippen LogP contribution in [-0.2, 0) is 0 Å². The van der Waals surface area contributed by atoms with Crippen LogP contribution in [0.25, 0.3) is 22.1 Å². The summed E-state index contributed by atoms with van der Waals surface area (Å²) < 4.78 is 1.88. The van der Waals surface area contributed by atoms with Crippen LogP contribution in [0.2, 0.25) is 0 Å². The summed E-state index contributed by atoms with van der Waals surface area (Å²) in [4.78, 5) is 31.9. The van der Waals surface area contributed by atoms with E-state index in [0.717, 1.165) is 40.9 Å². The van der Waals surface area contributed by atoms with E-state index in [9.17, 15) is 4.79 Å². The lowest BCUT2D eigenvalue weighted by atomic mass is 10.1. The first kappa shape index (κ1) is 19.4. The molecule has 1 aliphatic heterocycles. The van der Waals surface area contributed by atoms with Gasteiger partial charge >= 0.3 is 0 Å². The minimum Gasteiger partial charge on any atom is -0.357 e. The maximum absolute atomic E-state index is 13.7. The molecule has 4 heterocycles. The number of carbonyl (C=O) groups excluding carboxylic acids is 1. The van der Waals surface area contributed by atoms with Gasteiger partial charge in [-0.3, -0.25) is 9.69 Å². The number of anilines is 2. The Morgan fingerprint density at radius 2 is 1.74 bits per heavy atom. The molecule has 0 radical (unpaired) electrons. The first-order valence-corrected chi connectivity index (χ1v) is 10.6. The fraction of sp³-hybridized carbons (Fsp3) is 0.348. The highest BCUT2D eigenvalue weighted by Crippen LogP contribution is 2.32. The minimum absolute atomic E-state index is 0.106. The quantitative estimate of drug-likeness (QED) is 0.496. The summed E-state index contributed by atoms with van der Waals surface area (Å²) >= 11 is 0. The van der Waals surface area contributed by atoms with Crippen molar-refractivity contribution in [2.24, 2.45) is 0 Å². The molecule has 5 rings (SSSR count). The maximum Gasteiger partial charge on any atom is 0.261 e. The van der Waals surface area contributed by atoms with Gasteiger partial charge in [-0.05, 0) is 45.4 Å². The number of hydrogen-bond acceptors (Lipinski definition) is 6. The average Bonchev–Trinajstić information content (AvgIpc) is 3.10. The lowest BCUT2D eigenvalue weighted by molar-refractivity contribution is 0.0985. The van der Waals surface area contributed by atoms with Gasteiger partial charge in [0.05, 0.1) is 28.5 Å². The van der Waals surface area contributed by atoms with Gasteiger partial charge in [0.15, 0.2) is 17.3 Å². The van der Waals surface area contributed by atoms with Crippen molar-refractivity contribution in [1.29, 1.82) is 0 Å². The molecule has 0 aliphatic carbocycles. The van der Waals surface area contributed by atoms with Gasteiger partial charge in [-0.2, -0.15) is 5.10 Å². The molecule has 1 amide bonds. The van der Waals surface area contributed by atoms with Crippen molar-refractivity contribution in [3.05, 3.63) is 47.8 Å². The number of aromatic nitrogens is 5.